The van der Waals surface area contributed by atoms with Crippen molar-refractivity contribution in [3.05, 3.63) is 54.1 Å². The van der Waals surface area contributed by atoms with E-state index in [0.717, 1.165) is 0 Å². The van der Waals surface area contributed by atoms with Crippen LogP contribution in [0.4, 0.5) is 5.69 Å². The van der Waals surface area contributed by atoms with E-state index in [1.165, 1.54) is 53.4 Å². The first kappa shape index (κ1) is 13.6. The van der Waals surface area contributed by atoms with Crippen molar-refractivity contribution >= 4 is 17.4 Å². The molecule has 2 aromatic carbocycles. The highest BCUT2D eigenvalue weighted by Gasteiger charge is 2.11. The van der Waals surface area contributed by atoms with Crippen molar-refractivity contribution in [2.45, 2.75) is 36.0 Å². The second-order valence-corrected chi connectivity index (χ2v) is 6.61. The molecule has 3 rings (SSSR count). The third-order valence-electron chi connectivity index (χ3n) is 3.80. The SMILES string of the molecule is Cc1ccc(Sc2cccc(N3CCCCC3)c2)cc1. The van der Waals surface area contributed by atoms with Gasteiger partial charge in [0.05, 0.1) is 0 Å². The molecule has 0 aliphatic carbocycles. The minimum Gasteiger partial charge on any atom is -0.372 e. The Morgan fingerprint density at radius 1 is 0.850 bits per heavy atom. The highest BCUT2D eigenvalue weighted by molar-refractivity contribution is 7.99. The maximum atomic E-state index is 2.52. The van der Waals surface area contributed by atoms with E-state index < -0.39 is 0 Å². The summed E-state index contributed by atoms with van der Waals surface area (Å²) in [4.78, 5) is 5.16. The number of anilines is 1. The lowest BCUT2D eigenvalue weighted by atomic mass is 10.1. The van der Waals surface area contributed by atoms with Gasteiger partial charge in [0, 0.05) is 28.6 Å². The van der Waals surface area contributed by atoms with Crippen LogP contribution in [0, 0.1) is 6.92 Å². The number of aryl methyl sites for hydroxylation is 1. The van der Waals surface area contributed by atoms with Gasteiger partial charge in [0.25, 0.3) is 0 Å². The number of hydrogen-bond donors (Lipinski definition) is 0. The Bertz CT molecular complexity index is 556. The summed E-state index contributed by atoms with van der Waals surface area (Å²) in [6.45, 7) is 4.54. The Hall–Kier alpha value is -1.41. The fourth-order valence-corrected chi connectivity index (χ4v) is 3.51. The molecule has 0 unspecified atom stereocenters. The van der Waals surface area contributed by atoms with Crippen LogP contribution in [0.2, 0.25) is 0 Å². The molecule has 1 heterocycles. The quantitative estimate of drug-likeness (QED) is 0.767. The van der Waals surface area contributed by atoms with Crippen LogP contribution in [-0.2, 0) is 0 Å². The molecule has 2 aromatic rings. The molecule has 0 atom stereocenters. The summed E-state index contributed by atoms with van der Waals surface area (Å²) >= 11 is 1.85. The van der Waals surface area contributed by atoms with Gasteiger partial charge in [0.1, 0.15) is 0 Å². The topological polar surface area (TPSA) is 3.24 Å². The van der Waals surface area contributed by atoms with E-state index in [1.54, 1.807) is 0 Å². The minimum atomic E-state index is 1.21. The molecular formula is C18H21NS. The van der Waals surface area contributed by atoms with E-state index >= 15 is 0 Å². The Morgan fingerprint density at radius 2 is 1.60 bits per heavy atom. The average Bonchev–Trinajstić information content (AvgIpc) is 2.51. The highest BCUT2D eigenvalue weighted by Crippen LogP contribution is 2.31. The first-order valence-corrected chi connectivity index (χ1v) is 8.22. The van der Waals surface area contributed by atoms with Crippen molar-refractivity contribution in [1.82, 2.24) is 0 Å². The number of hydrogen-bond acceptors (Lipinski definition) is 2. The predicted molar refractivity (Wildman–Crippen MR) is 87.8 cm³/mol. The van der Waals surface area contributed by atoms with E-state index in [9.17, 15) is 0 Å². The predicted octanol–water partition coefficient (Wildman–Crippen LogP) is 5.14. The molecule has 0 N–H and O–H groups in total. The van der Waals surface area contributed by atoms with Crippen LogP contribution >= 0.6 is 11.8 Å². The molecule has 0 radical (unpaired) electrons. The molecule has 1 nitrogen and oxygen atoms in total. The summed E-state index contributed by atoms with van der Waals surface area (Å²) in [7, 11) is 0. The molecule has 0 bridgehead atoms. The zero-order valence-corrected chi connectivity index (χ0v) is 12.8. The van der Waals surface area contributed by atoms with Gasteiger partial charge in [-0.25, -0.2) is 0 Å². The third kappa shape index (κ3) is 3.37. The van der Waals surface area contributed by atoms with E-state index in [0.29, 0.717) is 0 Å². The summed E-state index contributed by atoms with van der Waals surface area (Å²) < 4.78 is 0. The molecule has 0 saturated carbocycles. The van der Waals surface area contributed by atoms with Gasteiger partial charge in [-0.3, -0.25) is 0 Å². The van der Waals surface area contributed by atoms with Crippen LogP contribution < -0.4 is 4.90 Å². The maximum Gasteiger partial charge on any atom is 0.0377 e. The van der Waals surface area contributed by atoms with E-state index in [1.807, 2.05) is 11.8 Å². The molecular weight excluding hydrogens is 262 g/mol. The van der Waals surface area contributed by atoms with Gasteiger partial charge >= 0.3 is 0 Å². The fourth-order valence-electron chi connectivity index (χ4n) is 2.64. The standard InChI is InChI=1S/C18H21NS/c1-15-8-10-17(11-9-15)20-18-7-5-6-16(14-18)19-12-3-2-4-13-19/h5-11,14H,2-4,12-13H2,1H3. The lowest BCUT2D eigenvalue weighted by Gasteiger charge is -2.29. The van der Waals surface area contributed by atoms with Crippen LogP contribution in [-0.4, -0.2) is 13.1 Å². The molecule has 1 fully saturated rings. The van der Waals surface area contributed by atoms with Crippen molar-refractivity contribution in [3.63, 3.8) is 0 Å². The number of nitrogens with zero attached hydrogens (tertiary/aromatic N) is 1. The van der Waals surface area contributed by atoms with Crippen LogP contribution in [0.15, 0.2) is 58.3 Å². The monoisotopic (exact) mass is 283 g/mol. The Labute approximate surface area is 126 Å². The molecule has 2 heteroatoms. The highest BCUT2D eigenvalue weighted by atomic mass is 32.2. The van der Waals surface area contributed by atoms with Gasteiger partial charge < -0.3 is 4.90 Å². The first-order chi connectivity index (χ1) is 9.81. The first-order valence-electron chi connectivity index (χ1n) is 7.41. The Kier molecular flexibility index (Phi) is 4.31. The summed E-state index contributed by atoms with van der Waals surface area (Å²) in [6, 6.07) is 17.7. The summed E-state index contributed by atoms with van der Waals surface area (Å²) in [5.74, 6) is 0. The van der Waals surface area contributed by atoms with E-state index in [2.05, 4.69) is 60.4 Å². The molecule has 0 spiro atoms. The van der Waals surface area contributed by atoms with Crippen molar-refractivity contribution in [3.8, 4) is 0 Å². The number of benzene rings is 2. The van der Waals surface area contributed by atoms with Crippen molar-refractivity contribution in [2.75, 3.05) is 18.0 Å². The number of rotatable bonds is 3. The van der Waals surface area contributed by atoms with Gasteiger partial charge in [0.15, 0.2) is 0 Å². The molecule has 104 valence electrons. The summed E-state index contributed by atoms with van der Waals surface area (Å²) in [5.41, 5.74) is 2.69. The smallest absolute Gasteiger partial charge is 0.0377 e. The van der Waals surface area contributed by atoms with Gasteiger partial charge in [-0.05, 0) is 56.5 Å². The van der Waals surface area contributed by atoms with Crippen LogP contribution in [0.3, 0.4) is 0 Å². The van der Waals surface area contributed by atoms with Crippen molar-refractivity contribution < 1.29 is 0 Å². The second-order valence-electron chi connectivity index (χ2n) is 5.46. The normalized spacial score (nSPS) is 15.3. The van der Waals surface area contributed by atoms with Crippen LogP contribution in [0.1, 0.15) is 24.8 Å². The zero-order chi connectivity index (χ0) is 13.8. The lowest BCUT2D eigenvalue weighted by molar-refractivity contribution is 0.577. The maximum absolute atomic E-state index is 2.52. The van der Waals surface area contributed by atoms with Crippen LogP contribution in [0.5, 0.6) is 0 Å². The molecule has 0 aromatic heterocycles. The Balaban J connectivity index is 1.75. The summed E-state index contributed by atoms with van der Waals surface area (Å²) in [5, 5.41) is 0. The third-order valence-corrected chi connectivity index (χ3v) is 4.79. The fraction of sp³-hybridized carbons (Fsp3) is 0.333. The van der Waals surface area contributed by atoms with E-state index in [4.69, 9.17) is 0 Å². The summed E-state index contributed by atoms with van der Waals surface area (Å²) in [6.07, 6.45) is 4.04. The largest absolute Gasteiger partial charge is 0.372 e. The lowest BCUT2D eigenvalue weighted by Crippen LogP contribution is -2.29. The van der Waals surface area contributed by atoms with Gasteiger partial charge in [-0.15, -0.1) is 0 Å². The minimum absolute atomic E-state index is 1.21. The molecule has 1 aliphatic heterocycles. The van der Waals surface area contributed by atoms with Crippen molar-refractivity contribution in [2.24, 2.45) is 0 Å². The molecule has 0 amide bonds. The average molecular weight is 283 g/mol. The molecule has 1 saturated heterocycles. The molecule has 20 heavy (non-hydrogen) atoms. The van der Waals surface area contributed by atoms with Gasteiger partial charge in [-0.2, -0.15) is 0 Å². The zero-order valence-electron chi connectivity index (χ0n) is 12.0. The van der Waals surface area contributed by atoms with Gasteiger partial charge in [0.2, 0.25) is 0 Å². The van der Waals surface area contributed by atoms with Crippen LogP contribution in [0.25, 0.3) is 0 Å². The van der Waals surface area contributed by atoms with Crippen molar-refractivity contribution in [1.29, 1.82) is 0 Å². The number of piperidine rings is 1. The van der Waals surface area contributed by atoms with Gasteiger partial charge in [-0.1, -0.05) is 35.5 Å². The Morgan fingerprint density at radius 3 is 2.35 bits per heavy atom. The second kappa shape index (κ2) is 6.36. The molecule has 1 aliphatic rings. The van der Waals surface area contributed by atoms with E-state index in [-0.39, 0.29) is 0 Å².